The van der Waals surface area contributed by atoms with Crippen LogP contribution in [0.2, 0.25) is 0 Å². The van der Waals surface area contributed by atoms with Gasteiger partial charge in [0.25, 0.3) is 5.91 Å². The third-order valence-electron chi connectivity index (χ3n) is 2.08. The van der Waals surface area contributed by atoms with E-state index in [0.717, 1.165) is 5.70 Å². The third kappa shape index (κ3) is 5.01. The predicted molar refractivity (Wildman–Crippen MR) is 65.6 cm³/mol. The minimum absolute atomic E-state index is 0.00502. The van der Waals surface area contributed by atoms with Gasteiger partial charge in [-0.05, 0) is 32.1 Å². The Kier molecular flexibility index (Phi) is 5.00. The zero-order chi connectivity index (χ0) is 12.7. The summed E-state index contributed by atoms with van der Waals surface area (Å²) in [5, 5.41) is 5.78. The molecule has 0 aliphatic heterocycles. The van der Waals surface area contributed by atoms with Gasteiger partial charge in [-0.1, -0.05) is 0 Å². The smallest absolute Gasteiger partial charge is 0.267 e. The van der Waals surface area contributed by atoms with Crippen LogP contribution >= 0.6 is 0 Å². The van der Waals surface area contributed by atoms with E-state index >= 15 is 0 Å². The van der Waals surface area contributed by atoms with Crippen LogP contribution in [-0.4, -0.2) is 29.8 Å². The number of rotatable bonds is 6. The molecular weight excluding hydrogens is 218 g/mol. The largest absolute Gasteiger partial charge is 0.387 e. The second-order valence-electron chi connectivity index (χ2n) is 3.70. The van der Waals surface area contributed by atoms with E-state index in [9.17, 15) is 9.59 Å². The van der Waals surface area contributed by atoms with Crippen LogP contribution in [0.3, 0.4) is 0 Å². The zero-order valence-electron chi connectivity index (χ0n) is 10.0. The summed E-state index contributed by atoms with van der Waals surface area (Å²) in [6.45, 7) is 4.40. The number of ketones is 1. The van der Waals surface area contributed by atoms with Crippen molar-refractivity contribution in [2.45, 2.75) is 13.8 Å². The minimum atomic E-state index is -0.134. The molecule has 1 heterocycles. The molecule has 1 amide bonds. The highest BCUT2D eigenvalue weighted by atomic mass is 16.1. The van der Waals surface area contributed by atoms with Crippen molar-refractivity contribution in [3.8, 4) is 0 Å². The van der Waals surface area contributed by atoms with Crippen LogP contribution < -0.4 is 10.6 Å². The number of hydrogen-bond donors (Lipinski definition) is 3. The fourth-order valence-electron chi connectivity index (χ4n) is 1.36. The van der Waals surface area contributed by atoms with Crippen molar-refractivity contribution in [1.29, 1.82) is 0 Å². The molecule has 0 aliphatic carbocycles. The Labute approximate surface area is 100 Å². The Balaban J connectivity index is 2.21. The molecule has 0 aliphatic rings. The second-order valence-corrected chi connectivity index (χ2v) is 3.70. The summed E-state index contributed by atoms with van der Waals surface area (Å²) < 4.78 is 0. The molecule has 0 atom stereocenters. The Hall–Kier alpha value is -2.04. The van der Waals surface area contributed by atoms with Crippen LogP contribution in [0.25, 0.3) is 0 Å². The van der Waals surface area contributed by atoms with E-state index in [-0.39, 0.29) is 11.7 Å². The number of allylic oxidation sites excluding steroid dienone is 2. The molecule has 0 saturated carbocycles. The van der Waals surface area contributed by atoms with Crippen molar-refractivity contribution >= 4 is 11.7 Å². The number of hydrogen-bond acceptors (Lipinski definition) is 3. The van der Waals surface area contributed by atoms with Gasteiger partial charge in [-0.3, -0.25) is 9.59 Å². The molecule has 0 saturated heterocycles. The summed E-state index contributed by atoms with van der Waals surface area (Å²) in [7, 11) is 0. The third-order valence-corrected chi connectivity index (χ3v) is 2.08. The highest BCUT2D eigenvalue weighted by molar-refractivity contribution is 5.92. The van der Waals surface area contributed by atoms with Crippen molar-refractivity contribution in [2.75, 3.05) is 13.1 Å². The lowest BCUT2D eigenvalue weighted by atomic mass is 10.3. The summed E-state index contributed by atoms with van der Waals surface area (Å²) in [4.78, 5) is 25.1. The highest BCUT2D eigenvalue weighted by Gasteiger charge is 2.03. The summed E-state index contributed by atoms with van der Waals surface area (Å²) >= 11 is 0. The van der Waals surface area contributed by atoms with Crippen LogP contribution in [0.15, 0.2) is 30.1 Å². The van der Waals surface area contributed by atoms with Gasteiger partial charge in [-0.2, -0.15) is 0 Å². The van der Waals surface area contributed by atoms with Crippen molar-refractivity contribution < 1.29 is 9.59 Å². The SMILES string of the molecule is CC(=O)/C=C(/C)NCCNC(=O)c1ccc[nH]1. The van der Waals surface area contributed by atoms with Gasteiger partial charge in [0, 0.05) is 25.0 Å². The maximum atomic E-state index is 11.5. The topological polar surface area (TPSA) is 74.0 Å². The lowest BCUT2D eigenvalue weighted by Crippen LogP contribution is -2.31. The standard InChI is InChI=1S/C12H17N3O2/c1-9(8-10(2)16)13-6-7-15-12(17)11-4-3-5-14-11/h3-5,8,13-14H,6-7H2,1-2H3,(H,15,17)/b9-8-. The maximum absolute atomic E-state index is 11.5. The fraction of sp³-hybridized carbons (Fsp3) is 0.333. The first-order valence-electron chi connectivity index (χ1n) is 5.44. The van der Waals surface area contributed by atoms with Crippen molar-refractivity contribution in [3.05, 3.63) is 35.8 Å². The summed E-state index contributed by atoms with van der Waals surface area (Å²) in [6, 6.07) is 3.48. The first-order chi connectivity index (χ1) is 8.09. The molecule has 92 valence electrons. The molecule has 1 aromatic rings. The van der Waals surface area contributed by atoms with Crippen LogP contribution in [0.1, 0.15) is 24.3 Å². The molecule has 0 bridgehead atoms. The molecule has 0 spiro atoms. The molecule has 5 nitrogen and oxygen atoms in total. The van der Waals surface area contributed by atoms with Gasteiger partial charge in [-0.25, -0.2) is 0 Å². The van der Waals surface area contributed by atoms with E-state index < -0.39 is 0 Å². The van der Waals surface area contributed by atoms with Crippen molar-refractivity contribution in [1.82, 2.24) is 15.6 Å². The molecule has 1 rings (SSSR count). The first-order valence-corrected chi connectivity index (χ1v) is 5.44. The van der Waals surface area contributed by atoms with Crippen LogP contribution in [0, 0.1) is 0 Å². The van der Waals surface area contributed by atoms with E-state index in [2.05, 4.69) is 15.6 Å². The first kappa shape index (κ1) is 13.0. The summed E-state index contributed by atoms with van der Waals surface area (Å²) in [5.41, 5.74) is 1.34. The Morgan fingerprint density at radius 2 is 2.00 bits per heavy atom. The molecule has 1 aromatic heterocycles. The molecule has 3 N–H and O–H groups in total. The van der Waals surface area contributed by atoms with E-state index in [1.807, 2.05) is 6.92 Å². The number of aromatic nitrogens is 1. The minimum Gasteiger partial charge on any atom is -0.387 e. The van der Waals surface area contributed by atoms with Gasteiger partial charge in [0.05, 0.1) is 0 Å². The van der Waals surface area contributed by atoms with Crippen molar-refractivity contribution in [2.24, 2.45) is 0 Å². The molecule has 0 radical (unpaired) electrons. The number of carbonyl (C=O) groups is 2. The summed E-state index contributed by atoms with van der Waals surface area (Å²) in [5.74, 6) is -0.129. The monoisotopic (exact) mass is 235 g/mol. The lowest BCUT2D eigenvalue weighted by molar-refractivity contribution is -0.112. The predicted octanol–water partition coefficient (Wildman–Crippen LogP) is 0.827. The maximum Gasteiger partial charge on any atom is 0.267 e. The number of carbonyl (C=O) groups excluding carboxylic acids is 2. The zero-order valence-corrected chi connectivity index (χ0v) is 10.0. The van der Waals surface area contributed by atoms with Gasteiger partial charge in [0.1, 0.15) is 5.69 Å². The van der Waals surface area contributed by atoms with E-state index in [4.69, 9.17) is 0 Å². The normalized spacial score (nSPS) is 11.1. The van der Waals surface area contributed by atoms with Gasteiger partial charge in [0.15, 0.2) is 5.78 Å². The van der Waals surface area contributed by atoms with Gasteiger partial charge in [-0.15, -0.1) is 0 Å². The lowest BCUT2D eigenvalue weighted by Gasteiger charge is -2.07. The van der Waals surface area contributed by atoms with E-state index in [0.29, 0.717) is 18.8 Å². The molecular formula is C12H17N3O2. The number of H-pyrrole nitrogens is 1. The van der Waals surface area contributed by atoms with Crippen LogP contribution in [0.5, 0.6) is 0 Å². The highest BCUT2D eigenvalue weighted by Crippen LogP contribution is 1.92. The number of nitrogens with one attached hydrogen (secondary N) is 3. The van der Waals surface area contributed by atoms with Crippen molar-refractivity contribution in [3.63, 3.8) is 0 Å². The molecule has 5 heteroatoms. The molecule has 0 aromatic carbocycles. The summed E-state index contributed by atoms with van der Waals surface area (Å²) in [6.07, 6.45) is 3.22. The number of amides is 1. The van der Waals surface area contributed by atoms with Crippen LogP contribution in [-0.2, 0) is 4.79 Å². The van der Waals surface area contributed by atoms with E-state index in [1.54, 1.807) is 18.3 Å². The second kappa shape index (κ2) is 6.52. The fourth-order valence-corrected chi connectivity index (χ4v) is 1.36. The van der Waals surface area contributed by atoms with E-state index in [1.165, 1.54) is 13.0 Å². The van der Waals surface area contributed by atoms with Gasteiger partial charge in [0.2, 0.25) is 0 Å². The average Bonchev–Trinajstić information content (AvgIpc) is 2.76. The molecule has 17 heavy (non-hydrogen) atoms. The van der Waals surface area contributed by atoms with Crippen LogP contribution in [0.4, 0.5) is 0 Å². The Morgan fingerprint density at radius 3 is 2.59 bits per heavy atom. The number of aromatic amines is 1. The Bertz CT molecular complexity index is 407. The quantitative estimate of drug-likeness (QED) is 0.505. The van der Waals surface area contributed by atoms with Gasteiger partial charge >= 0.3 is 0 Å². The van der Waals surface area contributed by atoms with Gasteiger partial charge < -0.3 is 15.6 Å². The Morgan fingerprint density at radius 1 is 1.29 bits per heavy atom. The molecule has 0 unspecified atom stereocenters. The molecule has 0 fully saturated rings. The average molecular weight is 235 g/mol.